The summed E-state index contributed by atoms with van der Waals surface area (Å²) in [5.74, 6) is -0.926. The van der Waals surface area contributed by atoms with Crippen LogP contribution >= 0.6 is 11.8 Å². The molecule has 3 N–H and O–H groups in total. The lowest BCUT2D eigenvalue weighted by Crippen LogP contribution is -2.41. The van der Waals surface area contributed by atoms with Crippen molar-refractivity contribution in [2.45, 2.75) is 37.0 Å². The number of carboxylic acids is 1. The Morgan fingerprint density at radius 2 is 2.24 bits per heavy atom. The van der Waals surface area contributed by atoms with E-state index in [2.05, 4.69) is 21.9 Å². The first-order valence-electron chi connectivity index (χ1n) is 6.85. The maximum atomic E-state index is 11.9. The number of rotatable bonds is 5. The number of urea groups is 1. The van der Waals surface area contributed by atoms with Crippen molar-refractivity contribution in [2.24, 2.45) is 0 Å². The zero-order valence-corrected chi connectivity index (χ0v) is 12.7. The van der Waals surface area contributed by atoms with Gasteiger partial charge in [0.25, 0.3) is 0 Å². The molecule has 7 heteroatoms. The fourth-order valence-electron chi connectivity index (χ4n) is 2.47. The van der Waals surface area contributed by atoms with E-state index in [4.69, 9.17) is 5.11 Å². The zero-order chi connectivity index (χ0) is 15.2. The average Bonchev–Trinajstić information content (AvgIpc) is 2.87. The van der Waals surface area contributed by atoms with Gasteiger partial charge in [-0.3, -0.25) is 9.78 Å². The number of aromatic nitrogens is 1. The molecule has 0 aromatic carbocycles. The van der Waals surface area contributed by atoms with Crippen LogP contribution in [0.2, 0.25) is 0 Å². The smallest absolute Gasteiger partial charge is 0.319 e. The van der Waals surface area contributed by atoms with Crippen molar-refractivity contribution in [3.63, 3.8) is 0 Å². The van der Waals surface area contributed by atoms with Crippen molar-refractivity contribution >= 4 is 29.4 Å². The number of carboxylic acid groups (broad SMARTS) is 1. The number of carbonyl (C=O) groups excluding carboxylic acids is 1. The first-order valence-corrected chi connectivity index (χ1v) is 8.14. The van der Waals surface area contributed by atoms with Gasteiger partial charge in [-0.15, -0.1) is 0 Å². The summed E-state index contributed by atoms with van der Waals surface area (Å²) in [6, 6.07) is 3.23. The van der Waals surface area contributed by atoms with Crippen molar-refractivity contribution in [3.8, 4) is 0 Å². The second-order valence-corrected chi connectivity index (χ2v) is 6.10. The molecule has 2 unspecified atom stereocenters. The highest BCUT2D eigenvalue weighted by Crippen LogP contribution is 2.28. The van der Waals surface area contributed by atoms with E-state index in [9.17, 15) is 9.59 Å². The molecule has 2 amide bonds. The number of aliphatic carboxylic acids is 1. The van der Waals surface area contributed by atoms with Gasteiger partial charge in [-0.25, -0.2) is 4.79 Å². The molecule has 1 fully saturated rings. The van der Waals surface area contributed by atoms with Gasteiger partial charge in [0.2, 0.25) is 0 Å². The fourth-order valence-corrected chi connectivity index (χ4v) is 3.40. The minimum absolute atomic E-state index is 0.121. The second kappa shape index (κ2) is 7.31. The molecule has 0 radical (unpaired) electrons. The third-order valence-corrected chi connectivity index (χ3v) is 4.66. The van der Waals surface area contributed by atoms with Crippen LogP contribution in [0.25, 0.3) is 0 Å². The van der Waals surface area contributed by atoms with Gasteiger partial charge < -0.3 is 15.7 Å². The lowest BCUT2D eigenvalue weighted by molar-refractivity contribution is -0.136. The van der Waals surface area contributed by atoms with E-state index in [0.717, 1.165) is 19.3 Å². The third kappa shape index (κ3) is 4.63. The number of pyridine rings is 1. The molecule has 1 aromatic rings. The number of hydrogen-bond donors (Lipinski definition) is 3. The van der Waals surface area contributed by atoms with Gasteiger partial charge in [-0.1, -0.05) is 6.42 Å². The Kier molecular flexibility index (Phi) is 5.44. The molecule has 114 valence electrons. The molecule has 1 saturated carbocycles. The molecule has 2 rings (SSSR count). The van der Waals surface area contributed by atoms with Crippen molar-refractivity contribution in [1.29, 1.82) is 0 Å². The van der Waals surface area contributed by atoms with Gasteiger partial charge in [-0.05, 0) is 31.2 Å². The van der Waals surface area contributed by atoms with Crippen molar-refractivity contribution in [1.82, 2.24) is 10.3 Å². The number of thioether (sulfide) groups is 1. The van der Waals surface area contributed by atoms with Crippen LogP contribution in [0.15, 0.2) is 18.3 Å². The molecule has 1 heterocycles. The van der Waals surface area contributed by atoms with Crippen LogP contribution in [0.4, 0.5) is 10.5 Å². The Morgan fingerprint density at radius 3 is 2.86 bits per heavy atom. The molecule has 0 saturated heterocycles. The summed E-state index contributed by atoms with van der Waals surface area (Å²) in [6.07, 6.45) is 6.70. The molecule has 1 aliphatic rings. The third-order valence-electron chi connectivity index (χ3n) is 3.49. The van der Waals surface area contributed by atoms with Crippen LogP contribution in [0.3, 0.4) is 0 Å². The van der Waals surface area contributed by atoms with Crippen molar-refractivity contribution in [3.05, 3.63) is 24.0 Å². The quantitative estimate of drug-likeness (QED) is 0.775. The standard InChI is InChI=1S/C14H19N3O3S/c1-21-12-4-2-3-11(12)17-14(20)16-10-6-5-9(15-8-10)7-13(18)19/h5-6,8,11-12H,2-4,7H2,1H3,(H,18,19)(H2,16,17,20). The molecule has 1 aromatic heterocycles. The SMILES string of the molecule is CSC1CCCC1NC(=O)Nc1ccc(CC(=O)O)nc1. The molecule has 1 aliphatic carbocycles. The number of hydrogen-bond acceptors (Lipinski definition) is 4. The van der Waals surface area contributed by atoms with E-state index in [1.54, 1.807) is 23.9 Å². The van der Waals surface area contributed by atoms with E-state index in [-0.39, 0.29) is 18.5 Å². The monoisotopic (exact) mass is 309 g/mol. The first kappa shape index (κ1) is 15.6. The molecule has 0 bridgehead atoms. The minimum atomic E-state index is -0.926. The van der Waals surface area contributed by atoms with Crippen molar-refractivity contribution in [2.75, 3.05) is 11.6 Å². The normalized spacial score (nSPS) is 21.0. The number of amides is 2. The molecular weight excluding hydrogens is 290 g/mol. The highest BCUT2D eigenvalue weighted by atomic mass is 32.2. The highest BCUT2D eigenvalue weighted by molar-refractivity contribution is 7.99. The Bertz CT molecular complexity index is 507. The number of nitrogens with zero attached hydrogens (tertiary/aromatic N) is 1. The summed E-state index contributed by atoms with van der Waals surface area (Å²) in [6.45, 7) is 0. The van der Waals surface area contributed by atoms with Crippen LogP contribution in [0.5, 0.6) is 0 Å². The topological polar surface area (TPSA) is 91.3 Å². The predicted octanol–water partition coefficient (Wildman–Crippen LogP) is 2.11. The maximum Gasteiger partial charge on any atom is 0.319 e. The summed E-state index contributed by atoms with van der Waals surface area (Å²) in [4.78, 5) is 26.5. The van der Waals surface area contributed by atoms with Gasteiger partial charge >= 0.3 is 12.0 Å². The summed E-state index contributed by atoms with van der Waals surface area (Å²) < 4.78 is 0. The lowest BCUT2D eigenvalue weighted by atomic mass is 10.2. The van der Waals surface area contributed by atoms with E-state index in [1.807, 2.05) is 0 Å². The van der Waals surface area contributed by atoms with Gasteiger partial charge in [0.05, 0.1) is 24.0 Å². The molecule has 0 aliphatic heterocycles. The summed E-state index contributed by atoms with van der Waals surface area (Å²) >= 11 is 1.79. The summed E-state index contributed by atoms with van der Waals surface area (Å²) in [7, 11) is 0. The molecule has 0 spiro atoms. The number of carbonyl (C=O) groups is 2. The average molecular weight is 309 g/mol. The zero-order valence-electron chi connectivity index (χ0n) is 11.8. The summed E-state index contributed by atoms with van der Waals surface area (Å²) in [5.41, 5.74) is 1.02. The molecule has 21 heavy (non-hydrogen) atoms. The van der Waals surface area contributed by atoms with Gasteiger partial charge in [0.15, 0.2) is 0 Å². The molecular formula is C14H19N3O3S. The Hall–Kier alpha value is -1.76. The highest BCUT2D eigenvalue weighted by Gasteiger charge is 2.27. The molecule has 6 nitrogen and oxygen atoms in total. The Labute approximate surface area is 127 Å². The van der Waals surface area contributed by atoms with Crippen LogP contribution in [0.1, 0.15) is 25.0 Å². The van der Waals surface area contributed by atoms with E-state index in [0.29, 0.717) is 16.6 Å². The number of nitrogens with one attached hydrogen (secondary N) is 2. The first-order chi connectivity index (χ1) is 10.1. The van der Waals surface area contributed by atoms with Crippen LogP contribution < -0.4 is 10.6 Å². The maximum absolute atomic E-state index is 11.9. The van der Waals surface area contributed by atoms with E-state index < -0.39 is 5.97 Å². The van der Waals surface area contributed by atoms with Gasteiger partial charge in [-0.2, -0.15) is 11.8 Å². The van der Waals surface area contributed by atoms with E-state index >= 15 is 0 Å². The Balaban J connectivity index is 1.86. The Morgan fingerprint density at radius 1 is 1.43 bits per heavy atom. The second-order valence-electron chi connectivity index (χ2n) is 5.02. The fraction of sp³-hybridized carbons (Fsp3) is 0.500. The lowest BCUT2D eigenvalue weighted by Gasteiger charge is -2.19. The molecule has 2 atom stereocenters. The van der Waals surface area contributed by atoms with Crippen LogP contribution in [0, 0.1) is 0 Å². The van der Waals surface area contributed by atoms with Crippen molar-refractivity contribution < 1.29 is 14.7 Å². The van der Waals surface area contributed by atoms with Crippen LogP contribution in [-0.2, 0) is 11.2 Å². The number of anilines is 1. The van der Waals surface area contributed by atoms with E-state index in [1.165, 1.54) is 6.20 Å². The minimum Gasteiger partial charge on any atom is -0.481 e. The van der Waals surface area contributed by atoms with Gasteiger partial charge in [0, 0.05) is 11.3 Å². The summed E-state index contributed by atoms with van der Waals surface area (Å²) in [5, 5.41) is 14.9. The van der Waals surface area contributed by atoms with Gasteiger partial charge in [0.1, 0.15) is 0 Å². The predicted molar refractivity (Wildman–Crippen MR) is 82.7 cm³/mol. The largest absolute Gasteiger partial charge is 0.481 e. The van der Waals surface area contributed by atoms with Crippen LogP contribution in [-0.4, -0.2) is 39.6 Å².